The van der Waals surface area contributed by atoms with Gasteiger partial charge in [-0.15, -0.1) is 11.8 Å². The highest BCUT2D eigenvalue weighted by atomic mass is 32.2. The third-order valence-corrected chi connectivity index (χ3v) is 6.12. The van der Waals surface area contributed by atoms with Gasteiger partial charge in [-0.3, -0.25) is 9.59 Å². The molecule has 2 aliphatic rings. The van der Waals surface area contributed by atoms with Crippen LogP contribution in [0.5, 0.6) is 5.75 Å². The van der Waals surface area contributed by atoms with Crippen molar-refractivity contribution >= 4 is 23.6 Å². The molecule has 1 aromatic rings. The highest BCUT2D eigenvalue weighted by Crippen LogP contribution is 2.47. The van der Waals surface area contributed by atoms with Crippen molar-refractivity contribution in [1.82, 2.24) is 10.2 Å². The Balaban J connectivity index is 1.52. The molecule has 23 heavy (non-hydrogen) atoms. The Morgan fingerprint density at radius 2 is 2.17 bits per heavy atom. The maximum Gasteiger partial charge on any atom is 0.243 e. The lowest BCUT2D eigenvalue weighted by Crippen LogP contribution is -2.50. The number of ether oxygens (including phenoxy) is 1. The number of rotatable bonds is 5. The van der Waals surface area contributed by atoms with E-state index >= 15 is 0 Å². The van der Waals surface area contributed by atoms with Crippen LogP contribution in [0, 0.1) is 0 Å². The first-order valence-electron chi connectivity index (χ1n) is 7.90. The van der Waals surface area contributed by atoms with Gasteiger partial charge in [0.15, 0.2) is 0 Å². The van der Waals surface area contributed by atoms with Crippen molar-refractivity contribution < 1.29 is 14.3 Å². The van der Waals surface area contributed by atoms with Crippen LogP contribution < -0.4 is 10.1 Å². The van der Waals surface area contributed by atoms with E-state index in [1.54, 1.807) is 23.8 Å². The molecular formula is C17H22N2O3S. The zero-order valence-corrected chi connectivity index (χ0v) is 14.3. The molecule has 1 N–H and O–H groups in total. The number of thioether (sulfide) groups is 1. The molecule has 2 atom stereocenters. The highest BCUT2D eigenvalue weighted by Gasteiger charge is 2.52. The number of benzene rings is 1. The Morgan fingerprint density at radius 1 is 1.43 bits per heavy atom. The average Bonchev–Trinajstić information content (AvgIpc) is 3.04. The molecule has 5 nitrogen and oxygen atoms in total. The SMILES string of the molecule is COc1ccc(CCNC(=O)C2CSC3(C)CCC(=O)N23)cc1. The van der Waals surface area contributed by atoms with E-state index in [-0.39, 0.29) is 22.7 Å². The number of amides is 2. The van der Waals surface area contributed by atoms with Crippen molar-refractivity contribution in [3.8, 4) is 5.75 Å². The Morgan fingerprint density at radius 3 is 2.87 bits per heavy atom. The Hall–Kier alpha value is -1.69. The number of carbonyl (C=O) groups is 2. The smallest absolute Gasteiger partial charge is 0.243 e. The molecule has 2 aliphatic heterocycles. The quantitative estimate of drug-likeness (QED) is 0.892. The van der Waals surface area contributed by atoms with Gasteiger partial charge in [0.2, 0.25) is 11.8 Å². The number of nitrogens with one attached hydrogen (secondary N) is 1. The predicted molar refractivity (Wildman–Crippen MR) is 90.4 cm³/mol. The molecule has 2 fully saturated rings. The van der Waals surface area contributed by atoms with Crippen LogP contribution in [0.2, 0.25) is 0 Å². The molecule has 0 saturated carbocycles. The van der Waals surface area contributed by atoms with Crippen molar-refractivity contribution in [2.75, 3.05) is 19.4 Å². The van der Waals surface area contributed by atoms with Crippen LogP contribution in [0.3, 0.4) is 0 Å². The van der Waals surface area contributed by atoms with Gasteiger partial charge < -0.3 is 15.0 Å². The molecule has 2 unspecified atom stereocenters. The topological polar surface area (TPSA) is 58.6 Å². The number of fused-ring (bicyclic) bond motifs is 1. The summed E-state index contributed by atoms with van der Waals surface area (Å²) in [5.74, 6) is 1.58. The fourth-order valence-corrected chi connectivity index (χ4v) is 4.69. The van der Waals surface area contributed by atoms with Crippen molar-refractivity contribution in [2.45, 2.75) is 37.1 Å². The number of nitrogens with zero attached hydrogens (tertiary/aromatic N) is 1. The zero-order valence-electron chi connectivity index (χ0n) is 13.5. The van der Waals surface area contributed by atoms with Crippen LogP contribution >= 0.6 is 11.8 Å². The van der Waals surface area contributed by atoms with Crippen LogP contribution in [-0.4, -0.2) is 47.0 Å². The Labute approximate surface area is 140 Å². The summed E-state index contributed by atoms with van der Waals surface area (Å²) in [6, 6.07) is 7.50. The number of hydrogen-bond donors (Lipinski definition) is 1. The minimum absolute atomic E-state index is 0.0370. The molecule has 0 aliphatic carbocycles. The van der Waals surface area contributed by atoms with E-state index in [0.29, 0.717) is 18.7 Å². The molecule has 0 aromatic heterocycles. The highest BCUT2D eigenvalue weighted by molar-refractivity contribution is 8.01. The molecule has 2 heterocycles. The summed E-state index contributed by atoms with van der Waals surface area (Å²) in [6.45, 7) is 2.64. The van der Waals surface area contributed by atoms with Gasteiger partial charge in [-0.2, -0.15) is 0 Å². The normalized spacial score (nSPS) is 26.3. The molecule has 0 bridgehead atoms. The third-order valence-electron chi connectivity index (χ3n) is 4.62. The monoisotopic (exact) mass is 334 g/mol. The summed E-state index contributed by atoms with van der Waals surface area (Å²) in [7, 11) is 1.64. The molecule has 3 rings (SSSR count). The summed E-state index contributed by atoms with van der Waals surface area (Å²) in [5, 5.41) is 2.97. The second kappa shape index (κ2) is 6.43. The lowest BCUT2D eigenvalue weighted by atomic mass is 10.1. The van der Waals surface area contributed by atoms with Crippen molar-refractivity contribution in [2.24, 2.45) is 0 Å². The zero-order chi connectivity index (χ0) is 16.4. The summed E-state index contributed by atoms with van der Waals surface area (Å²) in [4.78, 5) is 26.1. The molecule has 2 amide bonds. The van der Waals surface area contributed by atoms with Crippen LogP contribution in [0.4, 0.5) is 0 Å². The lowest BCUT2D eigenvalue weighted by molar-refractivity contribution is -0.137. The first kappa shape index (κ1) is 16.2. The molecule has 1 aromatic carbocycles. The molecule has 0 radical (unpaired) electrons. The van der Waals surface area contributed by atoms with Crippen LogP contribution in [0.15, 0.2) is 24.3 Å². The maximum absolute atomic E-state index is 12.4. The van der Waals surface area contributed by atoms with Gasteiger partial charge in [0.25, 0.3) is 0 Å². The largest absolute Gasteiger partial charge is 0.497 e. The van der Waals surface area contributed by atoms with E-state index in [2.05, 4.69) is 12.2 Å². The van der Waals surface area contributed by atoms with Crippen molar-refractivity contribution in [1.29, 1.82) is 0 Å². The Kier molecular flexibility index (Phi) is 4.53. The van der Waals surface area contributed by atoms with E-state index in [9.17, 15) is 9.59 Å². The molecular weight excluding hydrogens is 312 g/mol. The summed E-state index contributed by atoms with van der Waals surface area (Å²) in [6.07, 6.45) is 2.16. The van der Waals surface area contributed by atoms with E-state index in [0.717, 1.165) is 24.2 Å². The average molecular weight is 334 g/mol. The van der Waals surface area contributed by atoms with Crippen LogP contribution in [0.1, 0.15) is 25.3 Å². The number of hydrogen-bond acceptors (Lipinski definition) is 4. The summed E-state index contributed by atoms with van der Waals surface area (Å²) >= 11 is 1.72. The van der Waals surface area contributed by atoms with E-state index in [1.165, 1.54) is 0 Å². The van der Waals surface area contributed by atoms with Crippen LogP contribution in [-0.2, 0) is 16.0 Å². The van der Waals surface area contributed by atoms with E-state index < -0.39 is 0 Å². The van der Waals surface area contributed by atoms with Crippen molar-refractivity contribution in [3.05, 3.63) is 29.8 Å². The fourth-order valence-electron chi connectivity index (χ4n) is 3.25. The van der Waals surface area contributed by atoms with E-state index in [1.807, 2.05) is 24.3 Å². The number of methoxy groups -OCH3 is 1. The lowest BCUT2D eigenvalue weighted by Gasteiger charge is -2.29. The van der Waals surface area contributed by atoms with Gasteiger partial charge in [0, 0.05) is 18.7 Å². The number of carbonyl (C=O) groups excluding carboxylic acids is 2. The second-order valence-electron chi connectivity index (χ2n) is 6.15. The van der Waals surface area contributed by atoms with Gasteiger partial charge in [0.1, 0.15) is 11.8 Å². The second-order valence-corrected chi connectivity index (χ2v) is 7.66. The third kappa shape index (κ3) is 3.17. The fraction of sp³-hybridized carbons (Fsp3) is 0.529. The summed E-state index contributed by atoms with van der Waals surface area (Å²) in [5.41, 5.74) is 1.15. The van der Waals surface area contributed by atoms with Gasteiger partial charge in [-0.1, -0.05) is 12.1 Å². The first-order valence-corrected chi connectivity index (χ1v) is 8.89. The standard InChI is InChI=1S/C17H22N2O3S/c1-17-9-7-15(20)19(17)14(11-23-17)16(21)18-10-8-12-3-5-13(22-2)6-4-12/h3-6,14H,7-11H2,1-2H3,(H,18,21). The molecule has 2 saturated heterocycles. The molecule has 124 valence electrons. The summed E-state index contributed by atoms with van der Waals surface area (Å²) < 4.78 is 5.13. The molecule has 6 heteroatoms. The maximum atomic E-state index is 12.4. The predicted octanol–water partition coefficient (Wildman–Crippen LogP) is 1.81. The van der Waals surface area contributed by atoms with Gasteiger partial charge in [-0.25, -0.2) is 0 Å². The van der Waals surface area contributed by atoms with Gasteiger partial charge in [-0.05, 0) is 37.5 Å². The van der Waals surface area contributed by atoms with Gasteiger partial charge in [0.05, 0.1) is 12.0 Å². The minimum atomic E-state index is -0.323. The first-order chi connectivity index (χ1) is 11.0. The minimum Gasteiger partial charge on any atom is -0.497 e. The Bertz CT molecular complexity index is 604. The van der Waals surface area contributed by atoms with Gasteiger partial charge >= 0.3 is 0 Å². The molecule has 0 spiro atoms. The van der Waals surface area contributed by atoms with Crippen molar-refractivity contribution in [3.63, 3.8) is 0 Å². The van der Waals surface area contributed by atoms with Crippen LogP contribution in [0.25, 0.3) is 0 Å². The van der Waals surface area contributed by atoms with E-state index in [4.69, 9.17) is 4.74 Å².